The Labute approximate surface area is 211 Å². The molecule has 196 valence electrons. The summed E-state index contributed by atoms with van der Waals surface area (Å²) in [6, 6.07) is 0. The summed E-state index contributed by atoms with van der Waals surface area (Å²) in [7, 11) is 0. The molecule has 0 N–H and O–H groups in total. The number of ether oxygens (including phenoxy) is 1. The molecule has 0 fully saturated rings. The average molecular weight is 475 g/mol. The van der Waals surface area contributed by atoms with E-state index in [1.165, 1.54) is 122 Å². The zero-order chi connectivity index (χ0) is 24.5. The van der Waals surface area contributed by atoms with Crippen LogP contribution in [-0.2, 0) is 16.1 Å². The lowest BCUT2D eigenvalue weighted by Gasteiger charge is -2.03. The van der Waals surface area contributed by atoms with Gasteiger partial charge < -0.3 is 9.30 Å². The second-order valence-electron chi connectivity index (χ2n) is 9.90. The Hall–Kier alpha value is -1.58. The Kier molecular flexibility index (Phi) is 20.8. The van der Waals surface area contributed by atoms with Crippen molar-refractivity contribution < 1.29 is 9.53 Å². The fourth-order valence-electron chi connectivity index (χ4n) is 4.33. The first-order valence-corrected chi connectivity index (χ1v) is 14.6. The molecule has 0 amide bonds. The van der Waals surface area contributed by atoms with E-state index < -0.39 is 0 Å². The molecule has 0 aliphatic carbocycles. The van der Waals surface area contributed by atoms with Crippen LogP contribution in [0, 0.1) is 0 Å². The van der Waals surface area contributed by atoms with Gasteiger partial charge in [0.15, 0.2) is 0 Å². The van der Waals surface area contributed by atoms with Crippen LogP contribution >= 0.6 is 0 Å². The highest BCUT2D eigenvalue weighted by molar-refractivity contribution is 5.86. The molecular weight excluding hydrogens is 420 g/mol. The van der Waals surface area contributed by atoms with E-state index in [1.807, 2.05) is 12.5 Å². The lowest BCUT2D eigenvalue weighted by atomic mass is 10.1. The Morgan fingerprint density at radius 2 is 1.21 bits per heavy atom. The minimum absolute atomic E-state index is 0.264. The van der Waals surface area contributed by atoms with Gasteiger partial charge in [-0.1, -0.05) is 129 Å². The monoisotopic (exact) mass is 474 g/mol. The third-order valence-electron chi connectivity index (χ3n) is 6.56. The summed E-state index contributed by atoms with van der Waals surface area (Å²) in [4.78, 5) is 16.3. The Bertz CT molecular complexity index is 609. The highest BCUT2D eigenvalue weighted by Crippen LogP contribution is 2.12. The second kappa shape index (κ2) is 23.2. The van der Waals surface area contributed by atoms with Gasteiger partial charge in [-0.25, -0.2) is 9.78 Å². The van der Waals surface area contributed by atoms with Crippen LogP contribution in [0.1, 0.15) is 148 Å². The topological polar surface area (TPSA) is 44.1 Å². The molecule has 0 unspecified atom stereocenters. The predicted octanol–water partition coefficient (Wildman–Crippen LogP) is 9.28. The molecule has 0 aliphatic heterocycles. The van der Waals surface area contributed by atoms with Gasteiger partial charge in [0, 0.05) is 18.8 Å². The van der Waals surface area contributed by atoms with Crippen LogP contribution in [0.15, 0.2) is 18.6 Å². The van der Waals surface area contributed by atoms with Crippen molar-refractivity contribution in [3.8, 4) is 0 Å². The summed E-state index contributed by atoms with van der Waals surface area (Å²) in [5, 5.41) is 0. The minimum atomic E-state index is -0.264. The first kappa shape index (κ1) is 30.5. The average Bonchev–Trinajstić information content (AvgIpc) is 3.30. The Morgan fingerprint density at radius 1 is 0.735 bits per heavy atom. The van der Waals surface area contributed by atoms with Crippen molar-refractivity contribution in [3.05, 3.63) is 24.3 Å². The van der Waals surface area contributed by atoms with E-state index in [1.54, 1.807) is 6.08 Å². The zero-order valence-corrected chi connectivity index (χ0v) is 22.6. The van der Waals surface area contributed by atoms with Crippen LogP contribution in [0.2, 0.25) is 0 Å². The summed E-state index contributed by atoms with van der Waals surface area (Å²) >= 11 is 0. The number of hydrogen-bond acceptors (Lipinski definition) is 3. The SMILES string of the molecule is CCCCCCCCCCCCOC(=O)/C=C/c1cn(CCCCCCCCCCCC)cn1. The standard InChI is InChI=1S/C30H54N2O2/c1-3-5-7-9-11-13-15-17-19-21-25-32-27-29(31-28-32)23-24-30(33)34-26-22-20-18-16-14-12-10-8-6-4-2/h23-24,27-28H,3-22,25-26H2,1-2H3/b24-23+. The van der Waals surface area contributed by atoms with Crippen molar-refractivity contribution in [2.24, 2.45) is 0 Å². The van der Waals surface area contributed by atoms with Gasteiger partial charge in [-0.2, -0.15) is 0 Å². The molecule has 34 heavy (non-hydrogen) atoms. The lowest BCUT2D eigenvalue weighted by Crippen LogP contribution is -2.02. The predicted molar refractivity (Wildman–Crippen MR) is 146 cm³/mol. The van der Waals surface area contributed by atoms with Gasteiger partial charge in [-0.05, 0) is 18.9 Å². The second-order valence-corrected chi connectivity index (χ2v) is 9.90. The van der Waals surface area contributed by atoms with Crippen molar-refractivity contribution in [2.75, 3.05) is 6.61 Å². The maximum absolute atomic E-state index is 11.9. The summed E-state index contributed by atoms with van der Waals surface area (Å²) in [5.41, 5.74) is 0.822. The van der Waals surface area contributed by atoms with E-state index in [0.717, 1.165) is 25.1 Å². The van der Waals surface area contributed by atoms with E-state index in [2.05, 4.69) is 23.4 Å². The number of esters is 1. The van der Waals surface area contributed by atoms with Crippen LogP contribution in [0.5, 0.6) is 0 Å². The molecule has 1 heterocycles. The van der Waals surface area contributed by atoms with Gasteiger partial charge in [-0.15, -0.1) is 0 Å². The molecule has 0 saturated heterocycles. The van der Waals surface area contributed by atoms with Crippen LogP contribution < -0.4 is 0 Å². The molecule has 1 aromatic heterocycles. The van der Waals surface area contributed by atoms with Crippen molar-refractivity contribution in [2.45, 2.75) is 149 Å². The molecule has 1 aromatic rings. The van der Waals surface area contributed by atoms with E-state index in [9.17, 15) is 4.79 Å². The number of carbonyl (C=O) groups excluding carboxylic acids is 1. The lowest BCUT2D eigenvalue weighted by molar-refractivity contribution is -0.137. The molecule has 0 saturated carbocycles. The molecule has 0 bridgehead atoms. The largest absolute Gasteiger partial charge is 0.463 e. The number of rotatable bonds is 24. The number of unbranched alkanes of at least 4 members (excludes halogenated alkanes) is 18. The molecule has 0 aliphatic rings. The Morgan fingerprint density at radius 3 is 1.74 bits per heavy atom. The number of aromatic nitrogens is 2. The maximum atomic E-state index is 11.9. The summed E-state index contributed by atoms with van der Waals surface area (Å²) in [6.45, 7) is 6.05. The molecule has 4 heteroatoms. The fraction of sp³-hybridized carbons (Fsp3) is 0.800. The third-order valence-corrected chi connectivity index (χ3v) is 6.56. The fourth-order valence-corrected chi connectivity index (χ4v) is 4.33. The first-order chi connectivity index (χ1) is 16.8. The smallest absolute Gasteiger partial charge is 0.330 e. The van der Waals surface area contributed by atoms with Gasteiger partial charge >= 0.3 is 5.97 Å². The van der Waals surface area contributed by atoms with Gasteiger partial charge in [-0.3, -0.25) is 0 Å². The third kappa shape index (κ3) is 18.8. The van der Waals surface area contributed by atoms with E-state index in [0.29, 0.717) is 6.61 Å². The molecule has 4 nitrogen and oxygen atoms in total. The van der Waals surface area contributed by atoms with E-state index >= 15 is 0 Å². The summed E-state index contributed by atoms with van der Waals surface area (Å²) < 4.78 is 7.45. The van der Waals surface area contributed by atoms with Crippen LogP contribution in [0.4, 0.5) is 0 Å². The van der Waals surface area contributed by atoms with Crippen LogP contribution in [0.3, 0.4) is 0 Å². The molecule has 0 atom stereocenters. The molecule has 0 radical (unpaired) electrons. The Balaban J connectivity index is 1.97. The number of imidazole rings is 1. The molecule has 0 spiro atoms. The van der Waals surface area contributed by atoms with Crippen molar-refractivity contribution in [3.63, 3.8) is 0 Å². The van der Waals surface area contributed by atoms with E-state index in [-0.39, 0.29) is 5.97 Å². The first-order valence-electron chi connectivity index (χ1n) is 14.6. The summed E-state index contributed by atoms with van der Waals surface area (Å²) in [6.07, 6.45) is 33.5. The normalized spacial score (nSPS) is 11.5. The maximum Gasteiger partial charge on any atom is 0.330 e. The van der Waals surface area contributed by atoms with Gasteiger partial charge in [0.1, 0.15) is 0 Å². The van der Waals surface area contributed by atoms with Crippen molar-refractivity contribution >= 4 is 12.0 Å². The van der Waals surface area contributed by atoms with Crippen molar-refractivity contribution in [1.29, 1.82) is 0 Å². The molecule has 1 rings (SSSR count). The minimum Gasteiger partial charge on any atom is -0.463 e. The van der Waals surface area contributed by atoms with Crippen LogP contribution in [-0.4, -0.2) is 22.1 Å². The highest BCUT2D eigenvalue weighted by atomic mass is 16.5. The molecule has 0 aromatic carbocycles. The molecular formula is C30H54N2O2. The summed E-state index contributed by atoms with van der Waals surface area (Å²) in [5.74, 6) is -0.264. The van der Waals surface area contributed by atoms with Crippen LogP contribution in [0.25, 0.3) is 6.08 Å². The van der Waals surface area contributed by atoms with E-state index in [4.69, 9.17) is 4.74 Å². The van der Waals surface area contributed by atoms with Gasteiger partial charge in [0.25, 0.3) is 0 Å². The quantitative estimate of drug-likeness (QED) is 0.0851. The number of nitrogens with zero attached hydrogens (tertiary/aromatic N) is 2. The number of carbonyl (C=O) groups is 1. The van der Waals surface area contributed by atoms with Crippen molar-refractivity contribution in [1.82, 2.24) is 9.55 Å². The zero-order valence-electron chi connectivity index (χ0n) is 22.6. The number of hydrogen-bond donors (Lipinski definition) is 0. The number of aryl methyl sites for hydroxylation is 1. The highest BCUT2D eigenvalue weighted by Gasteiger charge is 2.00. The van der Waals surface area contributed by atoms with Gasteiger partial charge in [0.2, 0.25) is 0 Å². The van der Waals surface area contributed by atoms with Gasteiger partial charge in [0.05, 0.1) is 18.6 Å².